The Morgan fingerprint density at radius 2 is 1.90 bits per heavy atom. The molecule has 2 rings (SSSR count). The number of carbonyl (C=O) groups is 1. The van der Waals surface area contributed by atoms with Crippen LogP contribution in [0.15, 0.2) is 30.3 Å². The first-order chi connectivity index (χ1) is 9.52. The molecular weight excluding hydrogens is 252 g/mol. The smallest absolute Gasteiger partial charge is 0.229 e. The molecular formula is C15H18N4O. The van der Waals surface area contributed by atoms with E-state index in [1.54, 1.807) is 0 Å². The fraction of sp³-hybridized carbons (Fsp3) is 0.267. The summed E-state index contributed by atoms with van der Waals surface area (Å²) in [5.74, 6) is 0.262. The number of aromatic nitrogens is 2. The number of amides is 1. The van der Waals surface area contributed by atoms with Crippen molar-refractivity contribution in [3.63, 3.8) is 0 Å². The van der Waals surface area contributed by atoms with Crippen LogP contribution in [0, 0.1) is 13.8 Å². The van der Waals surface area contributed by atoms with Gasteiger partial charge in [0, 0.05) is 23.5 Å². The minimum atomic E-state index is -0.0996. The van der Waals surface area contributed by atoms with Gasteiger partial charge in [0.2, 0.25) is 11.9 Å². The van der Waals surface area contributed by atoms with E-state index in [0.29, 0.717) is 24.5 Å². The molecule has 0 bridgehead atoms. The van der Waals surface area contributed by atoms with Crippen LogP contribution < -0.4 is 11.1 Å². The van der Waals surface area contributed by atoms with Crippen LogP contribution in [0.5, 0.6) is 0 Å². The molecule has 20 heavy (non-hydrogen) atoms. The van der Waals surface area contributed by atoms with Crippen molar-refractivity contribution in [2.45, 2.75) is 26.7 Å². The van der Waals surface area contributed by atoms with Crippen molar-refractivity contribution >= 4 is 17.5 Å². The Balaban J connectivity index is 1.92. The fourth-order valence-corrected chi connectivity index (χ4v) is 1.98. The molecule has 5 heteroatoms. The normalized spacial score (nSPS) is 10.3. The van der Waals surface area contributed by atoms with Crippen molar-refractivity contribution in [2.24, 2.45) is 0 Å². The Bertz CT molecular complexity index is 605. The van der Waals surface area contributed by atoms with Crippen LogP contribution in [-0.2, 0) is 11.2 Å². The highest BCUT2D eigenvalue weighted by Crippen LogP contribution is 2.10. The highest BCUT2D eigenvalue weighted by molar-refractivity contribution is 5.89. The molecule has 1 amide bonds. The van der Waals surface area contributed by atoms with Crippen LogP contribution >= 0.6 is 0 Å². The van der Waals surface area contributed by atoms with Crippen molar-refractivity contribution in [2.75, 3.05) is 11.1 Å². The van der Waals surface area contributed by atoms with E-state index in [4.69, 9.17) is 5.73 Å². The highest BCUT2D eigenvalue weighted by Gasteiger charge is 2.06. The van der Waals surface area contributed by atoms with Crippen LogP contribution in [0.1, 0.15) is 23.4 Å². The van der Waals surface area contributed by atoms with Gasteiger partial charge in [0.15, 0.2) is 0 Å². The average molecular weight is 270 g/mol. The molecule has 5 nitrogen and oxygen atoms in total. The van der Waals surface area contributed by atoms with Gasteiger partial charge < -0.3 is 5.73 Å². The molecule has 0 unspecified atom stereocenters. The number of nitrogens with two attached hydrogens (primary N) is 1. The lowest BCUT2D eigenvalue weighted by atomic mass is 10.1. The molecule has 3 N–H and O–H groups in total. The predicted molar refractivity (Wildman–Crippen MR) is 79.3 cm³/mol. The number of rotatable bonds is 4. The van der Waals surface area contributed by atoms with Crippen molar-refractivity contribution in [1.29, 1.82) is 0 Å². The standard InChI is InChI=1S/C15H18N4O/c1-10-8-11(2)18-15(17-10)19-14(20)7-6-12-4-3-5-13(16)9-12/h3-5,8-9H,6-7,16H2,1-2H3,(H,17,18,19,20). The third kappa shape index (κ3) is 4.05. The Hall–Kier alpha value is -2.43. The van der Waals surface area contributed by atoms with Crippen molar-refractivity contribution < 1.29 is 4.79 Å². The van der Waals surface area contributed by atoms with Crippen LogP contribution in [0.4, 0.5) is 11.6 Å². The van der Waals surface area contributed by atoms with E-state index >= 15 is 0 Å². The number of nitrogens with one attached hydrogen (secondary N) is 1. The molecule has 0 aliphatic carbocycles. The lowest BCUT2D eigenvalue weighted by Gasteiger charge is -2.06. The number of hydrogen-bond acceptors (Lipinski definition) is 4. The number of hydrogen-bond donors (Lipinski definition) is 2. The minimum Gasteiger partial charge on any atom is -0.399 e. The Morgan fingerprint density at radius 3 is 2.55 bits per heavy atom. The van der Waals surface area contributed by atoms with E-state index in [1.807, 2.05) is 44.2 Å². The van der Waals surface area contributed by atoms with E-state index < -0.39 is 0 Å². The highest BCUT2D eigenvalue weighted by atomic mass is 16.1. The SMILES string of the molecule is Cc1cc(C)nc(NC(=O)CCc2cccc(N)c2)n1. The number of benzene rings is 1. The molecule has 0 spiro atoms. The summed E-state index contributed by atoms with van der Waals surface area (Å²) >= 11 is 0. The van der Waals surface area contributed by atoms with E-state index in [1.165, 1.54) is 0 Å². The molecule has 2 aromatic rings. The lowest BCUT2D eigenvalue weighted by Crippen LogP contribution is -2.15. The third-order valence-electron chi connectivity index (χ3n) is 2.83. The largest absolute Gasteiger partial charge is 0.399 e. The number of aryl methyl sites for hydroxylation is 3. The molecule has 0 aliphatic heterocycles. The molecule has 0 saturated heterocycles. The maximum absolute atomic E-state index is 11.9. The molecule has 1 aromatic heterocycles. The zero-order valence-corrected chi connectivity index (χ0v) is 11.7. The minimum absolute atomic E-state index is 0.0996. The summed E-state index contributed by atoms with van der Waals surface area (Å²) in [6.45, 7) is 3.74. The van der Waals surface area contributed by atoms with Gasteiger partial charge in [-0.2, -0.15) is 0 Å². The van der Waals surface area contributed by atoms with Gasteiger partial charge in [-0.05, 0) is 44.0 Å². The van der Waals surface area contributed by atoms with Crippen LogP contribution in [0.3, 0.4) is 0 Å². The third-order valence-corrected chi connectivity index (χ3v) is 2.83. The molecule has 1 aromatic carbocycles. The van der Waals surface area contributed by atoms with E-state index in [0.717, 1.165) is 17.0 Å². The molecule has 0 fully saturated rings. The van der Waals surface area contributed by atoms with Crippen LogP contribution in [-0.4, -0.2) is 15.9 Å². The summed E-state index contributed by atoms with van der Waals surface area (Å²) in [5, 5.41) is 2.72. The van der Waals surface area contributed by atoms with Gasteiger partial charge in [0.05, 0.1) is 0 Å². The zero-order chi connectivity index (χ0) is 14.5. The maximum atomic E-state index is 11.9. The first kappa shape index (κ1) is 14.0. The Morgan fingerprint density at radius 1 is 1.20 bits per heavy atom. The first-order valence-corrected chi connectivity index (χ1v) is 6.49. The Kier molecular flexibility index (Phi) is 4.30. The number of anilines is 2. The summed E-state index contributed by atoms with van der Waals surface area (Å²) in [6.07, 6.45) is 1.02. The number of carbonyl (C=O) groups excluding carboxylic acids is 1. The fourth-order valence-electron chi connectivity index (χ4n) is 1.98. The monoisotopic (exact) mass is 270 g/mol. The van der Waals surface area contributed by atoms with Gasteiger partial charge >= 0.3 is 0 Å². The summed E-state index contributed by atoms with van der Waals surface area (Å²) in [4.78, 5) is 20.2. The molecule has 0 atom stereocenters. The molecule has 0 aliphatic rings. The van der Waals surface area contributed by atoms with Crippen LogP contribution in [0.25, 0.3) is 0 Å². The van der Waals surface area contributed by atoms with Gasteiger partial charge in [-0.3, -0.25) is 10.1 Å². The number of nitrogens with zero attached hydrogens (tertiary/aromatic N) is 2. The summed E-state index contributed by atoms with van der Waals surface area (Å²) in [6, 6.07) is 9.41. The lowest BCUT2D eigenvalue weighted by molar-refractivity contribution is -0.116. The molecule has 104 valence electrons. The van der Waals surface area contributed by atoms with E-state index in [9.17, 15) is 4.79 Å². The zero-order valence-electron chi connectivity index (χ0n) is 11.7. The molecule has 1 heterocycles. The molecule has 0 radical (unpaired) electrons. The summed E-state index contributed by atoms with van der Waals surface area (Å²) in [5.41, 5.74) is 9.13. The van der Waals surface area contributed by atoms with Crippen molar-refractivity contribution in [3.05, 3.63) is 47.3 Å². The second-order valence-electron chi connectivity index (χ2n) is 4.77. The summed E-state index contributed by atoms with van der Waals surface area (Å²) < 4.78 is 0. The van der Waals surface area contributed by atoms with Crippen molar-refractivity contribution in [1.82, 2.24) is 9.97 Å². The van der Waals surface area contributed by atoms with Gasteiger partial charge in [-0.15, -0.1) is 0 Å². The predicted octanol–water partition coefficient (Wildman–Crippen LogP) is 2.25. The second kappa shape index (κ2) is 6.14. The second-order valence-corrected chi connectivity index (χ2v) is 4.77. The number of nitrogen functional groups attached to an aromatic ring is 1. The molecule has 0 saturated carbocycles. The Labute approximate surface area is 118 Å². The van der Waals surface area contributed by atoms with Gasteiger partial charge in [-0.1, -0.05) is 12.1 Å². The summed E-state index contributed by atoms with van der Waals surface area (Å²) in [7, 11) is 0. The maximum Gasteiger partial charge on any atom is 0.229 e. The van der Waals surface area contributed by atoms with Crippen LogP contribution in [0.2, 0.25) is 0 Å². The van der Waals surface area contributed by atoms with Gasteiger partial charge in [0.25, 0.3) is 0 Å². The van der Waals surface area contributed by atoms with Gasteiger partial charge in [-0.25, -0.2) is 9.97 Å². The van der Waals surface area contributed by atoms with E-state index in [-0.39, 0.29) is 5.91 Å². The van der Waals surface area contributed by atoms with E-state index in [2.05, 4.69) is 15.3 Å². The topological polar surface area (TPSA) is 80.9 Å². The first-order valence-electron chi connectivity index (χ1n) is 6.49. The van der Waals surface area contributed by atoms with Crippen molar-refractivity contribution in [3.8, 4) is 0 Å². The van der Waals surface area contributed by atoms with Gasteiger partial charge in [0.1, 0.15) is 0 Å². The average Bonchev–Trinajstić information content (AvgIpc) is 2.35. The quantitative estimate of drug-likeness (QED) is 0.835.